The summed E-state index contributed by atoms with van der Waals surface area (Å²) >= 11 is 8.92. The molecule has 1 rings (SSSR count). The van der Waals surface area contributed by atoms with Crippen LogP contribution in [-0.4, -0.2) is 25.7 Å². The van der Waals surface area contributed by atoms with Gasteiger partial charge in [-0.2, -0.15) is 0 Å². The number of hydrogen-bond donors (Lipinski definition) is 0. The fraction of sp³-hybridized carbons (Fsp3) is 0.455. The first-order valence-corrected chi connectivity index (χ1v) is 6.12. The van der Waals surface area contributed by atoms with Gasteiger partial charge in [0.05, 0.1) is 26.4 Å². The molecule has 4 heteroatoms. The van der Waals surface area contributed by atoms with E-state index in [4.69, 9.17) is 21.1 Å². The van der Waals surface area contributed by atoms with Gasteiger partial charge in [0.25, 0.3) is 0 Å². The molecule has 1 aromatic carbocycles. The van der Waals surface area contributed by atoms with Crippen molar-refractivity contribution in [2.75, 3.05) is 25.7 Å². The van der Waals surface area contributed by atoms with Crippen LogP contribution < -0.4 is 0 Å². The summed E-state index contributed by atoms with van der Waals surface area (Å²) in [5, 5.41) is 0. The third-order valence-corrected chi connectivity index (χ3v) is 2.74. The molecule has 0 bridgehead atoms. The highest BCUT2D eigenvalue weighted by Gasteiger charge is 1.97. The highest BCUT2D eigenvalue weighted by molar-refractivity contribution is 9.10. The maximum absolute atomic E-state index is 5.46. The topological polar surface area (TPSA) is 18.5 Å². The maximum Gasteiger partial charge on any atom is 0.0728 e. The van der Waals surface area contributed by atoms with E-state index in [9.17, 15) is 0 Å². The number of hydrogen-bond acceptors (Lipinski definition) is 2. The summed E-state index contributed by atoms with van der Waals surface area (Å²) in [5.41, 5.74) is 1.15. The van der Waals surface area contributed by atoms with Crippen molar-refractivity contribution < 1.29 is 9.47 Å². The van der Waals surface area contributed by atoms with Gasteiger partial charge in [-0.15, -0.1) is 11.6 Å². The Morgan fingerprint density at radius 3 is 2.53 bits per heavy atom. The lowest BCUT2D eigenvalue weighted by Gasteiger charge is -2.06. The fourth-order valence-electron chi connectivity index (χ4n) is 1.07. The van der Waals surface area contributed by atoms with E-state index in [0.29, 0.717) is 32.3 Å². The predicted octanol–water partition coefficient (Wildman–Crippen LogP) is 3.22. The third-order valence-electron chi connectivity index (χ3n) is 1.81. The normalized spacial score (nSPS) is 10.5. The summed E-state index contributed by atoms with van der Waals surface area (Å²) in [5.74, 6) is 0.532. The maximum atomic E-state index is 5.46. The molecule has 1 aromatic rings. The van der Waals surface area contributed by atoms with Crippen LogP contribution in [0.4, 0.5) is 0 Å². The van der Waals surface area contributed by atoms with Crippen LogP contribution in [-0.2, 0) is 16.1 Å². The largest absolute Gasteiger partial charge is 0.378 e. The van der Waals surface area contributed by atoms with E-state index in [2.05, 4.69) is 15.9 Å². The van der Waals surface area contributed by atoms with Gasteiger partial charge in [0, 0.05) is 10.4 Å². The van der Waals surface area contributed by atoms with E-state index in [0.717, 1.165) is 10.0 Å². The summed E-state index contributed by atoms with van der Waals surface area (Å²) in [7, 11) is 0. The van der Waals surface area contributed by atoms with E-state index >= 15 is 0 Å². The number of benzene rings is 1. The minimum Gasteiger partial charge on any atom is -0.378 e. The Morgan fingerprint density at radius 1 is 1.07 bits per heavy atom. The van der Waals surface area contributed by atoms with Crippen molar-refractivity contribution in [2.24, 2.45) is 0 Å². The lowest BCUT2D eigenvalue weighted by Crippen LogP contribution is -2.06. The highest BCUT2D eigenvalue weighted by atomic mass is 79.9. The van der Waals surface area contributed by atoms with Crippen molar-refractivity contribution in [3.63, 3.8) is 0 Å². The van der Waals surface area contributed by atoms with Gasteiger partial charge >= 0.3 is 0 Å². The van der Waals surface area contributed by atoms with E-state index in [-0.39, 0.29) is 0 Å². The minimum absolute atomic E-state index is 0.532. The number of halogens is 2. The Morgan fingerprint density at radius 2 is 1.80 bits per heavy atom. The number of ether oxygens (including phenoxy) is 2. The van der Waals surface area contributed by atoms with E-state index in [1.165, 1.54) is 0 Å². The first kappa shape index (κ1) is 13.0. The second kappa shape index (κ2) is 8.11. The summed E-state index contributed by atoms with van der Waals surface area (Å²) in [6, 6.07) is 8.01. The smallest absolute Gasteiger partial charge is 0.0728 e. The molecule has 0 aliphatic carbocycles. The Bertz CT molecular complexity index is 281. The molecule has 0 amide bonds. The molecule has 0 saturated carbocycles. The average Bonchev–Trinajstić information content (AvgIpc) is 2.25. The lowest BCUT2D eigenvalue weighted by molar-refractivity contribution is 0.0457. The molecule has 15 heavy (non-hydrogen) atoms. The van der Waals surface area contributed by atoms with Gasteiger partial charge in [0.15, 0.2) is 0 Å². The first-order chi connectivity index (χ1) is 7.34. The van der Waals surface area contributed by atoms with E-state index in [1.54, 1.807) is 0 Å². The van der Waals surface area contributed by atoms with Crippen LogP contribution in [0.1, 0.15) is 5.56 Å². The van der Waals surface area contributed by atoms with Crippen LogP contribution in [0.3, 0.4) is 0 Å². The molecule has 2 nitrogen and oxygen atoms in total. The van der Waals surface area contributed by atoms with Crippen molar-refractivity contribution in [3.05, 3.63) is 34.3 Å². The van der Waals surface area contributed by atoms with Crippen molar-refractivity contribution in [1.82, 2.24) is 0 Å². The van der Waals surface area contributed by atoms with Crippen LogP contribution in [0.25, 0.3) is 0 Å². The average molecular weight is 294 g/mol. The SMILES string of the molecule is ClCCOCCOCc1ccccc1Br. The Hall–Kier alpha value is -0.0900. The second-order valence-corrected chi connectivity index (χ2v) is 4.18. The van der Waals surface area contributed by atoms with Crippen LogP contribution in [0, 0.1) is 0 Å². The Labute approximate surface area is 104 Å². The monoisotopic (exact) mass is 292 g/mol. The lowest BCUT2D eigenvalue weighted by atomic mass is 10.2. The predicted molar refractivity (Wildman–Crippen MR) is 65.3 cm³/mol. The van der Waals surface area contributed by atoms with E-state index in [1.807, 2.05) is 24.3 Å². The zero-order valence-corrected chi connectivity index (χ0v) is 10.8. The number of rotatable bonds is 7. The highest BCUT2D eigenvalue weighted by Crippen LogP contribution is 2.16. The Kier molecular flexibility index (Phi) is 7.01. The molecule has 0 aliphatic rings. The number of alkyl halides is 1. The molecular formula is C11H14BrClO2. The third kappa shape index (κ3) is 5.52. The van der Waals surface area contributed by atoms with Gasteiger partial charge in [0.1, 0.15) is 0 Å². The molecule has 0 saturated heterocycles. The van der Waals surface area contributed by atoms with Crippen LogP contribution >= 0.6 is 27.5 Å². The molecule has 0 aliphatic heterocycles. The molecule has 84 valence electrons. The zero-order valence-electron chi connectivity index (χ0n) is 8.42. The molecule has 0 radical (unpaired) electrons. The summed E-state index contributed by atoms with van der Waals surface area (Å²) in [6.07, 6.45) is 0. The van der Waals surface area contributed by atoms with Crippen LogP contribution in [0.15, 0.2) is 28.7 Å². The summed E-state index contributed by atoms with van der Waals surface area (Å²) in [6.45, 7) is 2.38. The molecule has 0 spiro atoms. The van der Waals surface area contributed by atoms with E-state index < -0.39 is 0 Å². The van der Waals surface area contributed by atoms with Gasteiger partial charge in [0.2, 0.25) is 0 Å². The molecule has 0 N–H and O–H groups in total. The van der Waals surface area contributed by atoms with Crippen LogP contribution in [0.2, 0.25) is 0 Å². The molecule has 0 atom stereocenters. The van der Waals surface area contributed by atoms with Gasteiger partial charge in [-0.05, 0) is 11.6 Å². The molecule has 0 fully saturated rings. The molecule has 0 heterocycles. The molecular weight excluding hydrogens is 279 g/mol. The van der Waals surface area contributed by atoms with Gasteiger partial charge < -0.3 is 9.47 Å². The minimum atomic E-state index is 0.532. The fourth-order valence-corrected chi connectivity index (χ4v) is 1.58. The molecule has 0 unspecified atom stereocenters. The van der Waals surface area contributed by atoms with Gasteiger partial charge in [-0.1, -0.05) is 34.1 Å². The standard InChI is InChI=1S/C11H14BrClO2/c12-11-4-2-1-3-10(11)9-15-8-7-14-6-5-13/h1-4H,5-9H2. The zero-order chi connectivity index (χ0) is 10.9. The van der Waals surface area contributed by atoms with Crippen molar-refractivity contribution in [3.8, 4) is 0 Å². The molecule has 0 aromatic heterocycles. The first-order valence-electron chi connectivity index (χ1n) is 4.79. The van der Waals surface area contributed by atoms with Gasteiger partial charge in [-0.3, -0.25) is 0 Å². The van der Waals surface area contributed by atoms with Crippen molar-refractivity contribution in [2.45, 2.75) is 6.61 Å². The van der Waals surface area contributed by atoms with Crippen LogP contribution in [0.5, 0.6) is 0 Å². The van der Waals surface area contributed by atoms with Gasteiger partial charge in [-0.25, -0.2) is 0 Å². The summed E-state index contributed by atoms with van der Waals surface area (Å²) < 4.78 is 11.7. The second-order valence-electron chi connectivity index (χ2n) is 2.95. The van der Waals surface area contributed by atoms with Crippen molar-refractivity contribution >= 4 is 27.5 Å². The van der Waals surface area contributed by atoms with Crippen molar-refractivity contribution in [1.29, 1.82) is 0 Å². The quantitative estimate of drug-likeness (QED) is 0.568. The Balaban J connectivity index is 2.12. The summed E-state index contributed by atoms with van der Waals surface area (Å²) in [4.78, 5) is 0.